The summed E-state index contributed by atoms with van der Waals surface area (Å²) in [4.78, 5) is 23.5. The van der Waals surface area contributed by atoms with E-state index in [2.05, 4.69) is 16.6 Å². The van der Waals surface area contributed by atoms with Crippen LogP contribution in [0.2, 0.25) is 0 Å². The summed E-state index contributed by atoms with van der Waals surface area (Å²) in [5, 5.41) is 14.3. The van der Waals surface area contributed by atoms with E-state index >= 15 is 0 Å². The van der Waals surface area contributed by atoms with E-state index in [0.717, 1.165) is 18.2 Å². The number of nitrogens with one attached hydrogen (secondary N) is 2. The van der Waals surface area contributed by atoms with Crippen LogP contribution in [0, 0.1) is 24.0 Å². The van der Waals surface area contributed by atoms with Gasteiger partial charge in [-0.2, -0.15) is 0 Å². The van der Waals surface area contributed by atoms with Gasteiger partial charge < -0.3 is 15.7 Å². The standard InChI is InChI=1S/C18H14F2N2O3/c1-2-11-5-3-6-12(9-11)22-18(25)17(24)21-10-15(23)16-13(19)7-4-8-14(16)20/h1,3-9,15,23H,10H2,(H,21,24)(H,22,25)/t15-/m1/s1. The van der Waals surface area contributed by atoms with Gasteiger partial charge in [-0.25, -0.2) is 8.78 Å². The molecule has 3 N–H and O–H groups in total. The highest BCUT2D eigenvalue weighted by Gasteiger charge is 2.20. The molecule has 7 heteroatoms. The molecular weight excluding hydrogens is 330 g/mol. The Hall–Kier alpha value is -3.24. The van der Waals surface area contributed by atoms with Crippen molar-refractivity contribution < 1.29 is 23.5 Å². The first-order chi connectivity index (χ1) is 11.9. The monoisotopic (exact) mass is 344 g/mol. The highest BCUT2D eigenvalue weighted by molar-refractivity contribution is 6.39. The smallest absolute Gasteiger partial charge is 0.313 e. The third-order valence-electron chi connectivity index (χ3n) is 3.28. The van der Waals surface area contributed by atoms with Crippen LogP contribution in [0.1, 0.15) is 17.2 Å². The molecule has 128 valence electrons. The number of benzene rings is 2. The van der Waals surface area contributed by atoms with Crippen molar-refractivity contribution >= 4 is 17.5 Å². The summed E-state index contributed by atoms with van der Waals surface area (Å²) < 4.78 is 27.1. The Labute approximate surface area is 142 Å². The molecule has 0 spiro atoms. The van der Waals surface area contributed by atoms with E-state index in [0.29, 0.717) is 11.3 Å². The van der Waals surface area contributed by atoms with Crippen molar-refractivity contribution in [3.05, 3.63) is 65.2 Å². The SMILES string of the molecule is C#Cc1cccc(NC(=O)C(=O)NC[C@@H](O)c2c(F)cccc2F)c1. The number of rotatable bonds is 4. The fourth-order valence-electron chi connectivity index (χ4n) is 2.08. The van der Waals surface area contributed by atoms with Crippen LogP contribution in [0.3, 0.4) is 0 Å². The highest BCUT2D eigenvalue weighted by Crippen LogP contribution is 2.19. The fourth-order valence-corrected chi connectivity index (χ4v) is 2.08. The van der Waals surface area contributed by atoms with Crippen molar-refractivity contribution in [1.29, 1.82) is 0 Å². The molecule has 0 radical (unpaired) electrons. The molecule has 2 aromatic rings. The van der Waals surface area contributed by atoms with E-state index in [-0.39, 0.29) is 0 Å². The average Bonchev–Trinajstić information content (AvgIpc) is 2.59. The van der Waals surface area contributed by atoms with Gasteiger partial charge in [0.1, 0.15) is 17.7 Å². The molecule has 0 aliphatic carbocycles. The van der Waals surface area contributed by atoms with Gasteiger partial charge in [0.05, 0.1) is 5.56 Å². The molecule has 0 fully saturated rings. The summed E-state index contributed by atoms with van der Waals surface area (Å²) in [6, 6.07) is 9.40. The fraction of sp³-hybridized carbons (Fsp3) is 0.111. The molecule has 5 nitrogen and oxygen atoms in total. The second-order valence-electron chi connectivity index (χ2n) is 5.04. The lowest BCUT2D eigenvalue weighted by Crippen LogP contribution is -2.37. The van der Waals surface area contributed by atoms with Gasteiger partial charge in [-0.15, -0.1) is 6.42 Å². The number of carbonyl (C=O) groups is 2. The van der Waals surface area contributed by atoms with Crippen LogP contribution in [0.15, 0.2) is 42.5 Å². The molecular formula is C18H14F2N2O3. The maximum atomic E-state index is 13.5. The van der Waals surface area contributed by atoms with Crippen LogP contribution >= 0.6 is 0 Å². The number of carbonyl (C=O) groups excluding carboxylic acids is 2. The van der Waals surface area contributed by atoms with Gasteiger partial charge in [0.15, 0.2) is 0 Å². The molecule has 0 aromatic heterocycles. The molecule has 2 aromatic carbocycles. The van der Waals surface area contributed by atoms with Crippen molar-refractivity contribution in [2.45, 2.75) is 6.10 Å². The van der Waals surface area contributed by atoms with E-state index in [4.69, 9.17) is 6.42 Å². The summed E-state index contributed by atoms with van der Waals surface area (Å²) in [5.41, 5.74) is 0.255. The molecule has 1 atom stereocenters. The Balaban J connectivity index is 1.95. The van der Waals surface area contributed by atoms with Crippen molar-refractivity contribution in [1.82, 2.24) is 5.32 Å². The number of anilines is 1. The number of hydrogen-bond acceptors (Lipinski definition) is 3. The molecule has 2 rings (SSSR count). The molecule has 0 aliphatic rings. The number of hydrogen-bond donors (Lipinski definition) is 3. The Bertz CT molecular complexity index is 826. The number of aliphatic hydroxyl groups is 1. The van der Waals surface area contributed by atoms with Crippen molar-refractivity contribution in [3.63, 3.8) is 0 Å². The number of amides is 2. The average molecular weight is 344 g/mol. The molecule has 0 aliphatic heterocycles. The lowest BCUT2D eigenvalue weighted by Gasteiger charge is -2.13. The second kappa shape index (κ2) is 8.04. The summed E-state index contributed by atoms with van der Waals surface area (Å²) in [5.74, 6) is -1.58. The van der Waals surface area contributed by atoms with Crippen LogP contribution in [-0.4, -0.2) is 23.5 Å². The third kappa shape index (κ3) is 4.62. The zero-order valence-corrected chi connectivity index (χ0v) is 12.9. The minimum Gasteiger partial charge on any atom is -0.386 e. The largest absolute Gasteiger partial charge is 0.386 e. The predicted molar refractivity (Wildman–Crippen MR) is 87.3 cm³/mol. The van der Waals surface area contributed by atoms with Gasteiger partial charge in [-0.1, -0.05) is 18.1 Å². The van der Waals surface area contributed by atoms with Crippen LogP contribution < -0.4 is 10.6 Å². The maximum Gasteiger partial charge on any atom is 0.313 e. The summed E-state index contributed by atoms with van der Waals surface area (Å²) in [7, 11) is 0. The summed E-state index contributed by atoms with van der Waals surface area (Å²) in [6.45, 7) is -0.533. The van der Waals surface area contributed by atoms with Crippen LogP contribution in [0.5, 0.6) is 0 Å². The van der Waals surface area contributed by atoms with Crippen molar-refractivity contribution in [3.8, 4) is 12.3 Å². The molecule has 0 heterocycles. The Kier molecular flexibility index (Phi) is 5.82. The van der Waals surface area contributed by atoms with Crippen LogP contribution in [-0.2, 0) is 9.59 Å². The predicted octanol–water partition coefficient (Wildman–Crippen LogP) is 1.73. The molecule has 25 heavy (non-hydrogen) atoms. The van der Waals surface area contributed by atoms with E-state index in [1.165, 1.54) is 12.1 Å². The molecule has 0 saturated carbocycles. The highest BCUT2D eigenvalue weighted by atomic mass is 19.1. The molecule has 0 unspecified atom stereocenters. The normalized spacial score (nSPS) is 11.3. The van der Waals surface area contributed by atoms with Crippen molar-refractivity contribution in [2.75, 3.05) is 11.9 Å². The maximum absolute atomic E-state index is 13.5. The van der Waals surface area contributed by atoms with E-state index in [1.807, 2.05) is 0 Å². The van der Waals surface area contributed by atoms with E-state index in [9.17, 15) is 23.5 Å². The molecule has 2 amide bonds. The Morgan fingerprint density at radius 3 is 2.40 bits per heavy atom. The summed E-state index contributed by atoms with van der Waals surface area (Å²) >= 11 is 0. The molecule has 0 bridgehead atoms. The quantitative estimate of drug-likeness (QED) is 0.584. The zero-order valence-electron chi connectivity index (χ0n) is 12.9. The third-order valence-corrected chi connectivity index (χ3v) is 3.28. The van der Waals surface area contributed by atoms with Gasteiger partial charge in [0.25, 0.3) is 0 Å². The van der Waals surface area contributed by atoms with E-state index < -0.39 is 41.7 Å². The van der Waals surface area contributed by atoms with Gasteiger partial charge in [0.2, 0.25) is 0 Å². The van der Waals surface area contributed by atoms with Crippen molar-refractivity contribution in [2.24, 2.45) is 0 Å². The molecule has 0 saturated heterocycles. The van der Waals surface area contributed by atoms with Gasteiger partial charge >= 0.3 is 11.8 Å². The van der Waals surface area contributed by atoms with Gasteiger partial charge in [-0.3, -0.25) is 9.59 Å². The Morgan fingerprint density at radius 1 is 1.12 bits per heavy atom. The second-order valence-corrected chi connectivity index (χ2v) is 5.04. The van der Waals surface area contributed by atoms with Crippen LogP contribution in [0.25, 0.3) is 0 Å². The first-order valence-electron chi connectivity index (χ1n) is 7.20. The number of terminal acetylenes is 1. The van der Waals surface area contributed by atoms with Crippen LogP contribution in [0.4, 0.5) is 14.5 Å². The minimum atomic E-state index is -1.64. The van der Waals surface area contributed by atoms with Gasteiger partial charge in [0, 0.05) is 17.8 Å². The lowest BCUT2D eigenvalue weighted by atomic mass is 10.1. The number of aliphatic hydroxyl groups excluding tert-OH is 1. The van der Waals surface area contributed by atoms with Gasteiger partial charge in [-0.05, 0) is 30.3 Å². The summed E-state index contributed by atoms with van der Waals surface area (Å²) in [6.07, 6.45) is 3.60. The lowest BCUT2D eigenvalue weighted by molar-refractivity contribution is -0.136. The topological polar surface area (TPSA) is 78.4 Å². The first kappa shape index (κ1) is 18.1. The minimum absolute atomic E-state index is 0.316. The van der Waals surface area contributed by atoms with E-state index in [1.54, 1.807) is 12.1 Å². The number of halogens is 2. The first-order valence-corrected chi connectivity index (χ1v) is 7.20. The zero-order chi connectivity index (χ0) is 18.4. The Morgan fingerprint density at radius 2 is 1.76 bits per heavy atom.